The quantitative estimate of drug-likeness (QED) is 0.378. The summed E-state index contributed by atoms with van der Waals surface area (Å²) in [7, 11) is 1.53. The average molecular weight is 576 g/mol. The van der Waals surface area contributed by atoms with Crippen molar-refractivity contribution >= 4 is 52.6 Å². The Bertz CT molecular complexity index is 1620. The van der Waals surface area contributed by atoms with E-state index < -0.39 is 24.6 Å². The zero-order valence-electron chi connectivity index (χ0n) is 20.4. The lowest BCUT2D eigenvalue weighted by Crippen LogP contribution is -2.39. The predicted octanol–water partition coefficient (Wildman–Crippen LogP) is 2.24. The first kappa shape index (κ1) is 27.4. The number of thiazole rings is 1. The predicted molar refractivity (Wildman–Crippen MR) is 140 cm³/mol. The highest BCUT2D eigenvalue weighted by Crippen LogP contribution is 2.35. The molecule has 1 unspecified atom stereocenters. The largest absolute Gasteiger partial charge is 0.546 e. The molecule has 0 amide bonds. The molecular weight excluding hydrogens is 555 g/mol. The number of methoxy groups -OCH3 is 1. The van der Waals surface area contributed by atoms with E-state index in [1.54, 1.807) is 44.2 Å². The van der Waals surface area contributed by atoms with Gasteiger partial charge in [0.05, 0.1) is 51.6 Å². The van der Waals surface area contributed by atoms with Gasteiger partial charge in [0.2, 0.25) is 0 Å². The molecule has 0 saturated heterocycles. The molecule has 1 aliphatic rings. The van der Waals surface area contributed by atoms with Crippen LogP contribution in [0.25, 0.3) is 6.08 Å². The second kappa shape index (κ2) is 11.4. The van der Waals surface area contributed by atoms with Crippen molar-refractivity contribution in [2.24, 2.45) is 4.99 Å². The zero-order chi connectivity index (χ0) is 27.6. The number of rotatable bonds is 8. The van der Waals surface area contributed by atoms with Crippen LogP contribution in [0.2, 0.25) is 10.0 Å². The van der Waals surface area contributed by atoms with Crippen molar-refractivity contribution in [3.63, 3.8) is 0 Å². The first-order valence-electron chi connectivity index (χ1n) is 11.3. The van der Waals surface area contributed by atoms with E-state index in [9.17, 15) is 19.5 Å². The molecule has 0 aliphatic carbocycles. The first-order valence-corrected chi connectivity index (χ1v) is 12.9. The van der Waals surface area contributed by atoms with Crippen LogP contribution >= 0.6 is 34.5 Å². The Balaban J connectivity index is 1.88. The number of aliphatic carboxylic acids is 1. The number of fused-ring (bicyclic) bond motifs is 1. The molecule has 0 bridgehead atoms. The van der Waals surface area contributed by atoms with E-state index in [0.717, 1.165) is 11.3 Å². The molecule has 9 nitrogen and oxygen atoms in total. The molecule has 198 valence electrons. The molecule has 3 aromatic rings. The van der Waals surface area contributed by atoms with E-state index in [0.29, 0.717) is 31.9 Å². The summed E-state index contributed by atoms with van der Waals surface area (Å²) in [5.41, 5.74) is 1.42. The molecule has 0 radical (unpaired) electrons. The maximum Gasteiger partial charge on any atom is 0.338 e. The summed E-state index contributed by atoms with van der Waals surface area (Å²) in [6.45, 7) is 2.84. The summed E-state index contributed by atoms with van der Waals surface area (Å²) in [6.07, 6.45) is 1.58. The lowest BCUT2D eigenvalue weighted by Gasteiger charge is -2.25. The fraction of sp³-hybridized carbons (Fsp3) is 0.231. The molecule has 1 aliphatic heterocycles. The summed E-state index contributed by atoms with van der Waals surface area (Å²) in [6, 6.07) is 9.28. The lowest BCUT2D eigenvalue weighted by atomic mass is 9.95. The molecule has 12 heteroatoms. The molecule has 38 heavy (non-hydrogen) atoms. The number of carboxylic acids is 1. The minimum Gasteiger partial charge on any atom is -0.546 e. The number of ether oxygens (including phenoxy) is 3. The number of benzene rings is 2. The topological polar surface area (TPSA) is 119 Å². The molecule has 2 aromatic carbocycles. The SMILES string of the molecule is CCOC(=O)C1=C(C)N=c2sc(=Cc3cc(Cl)c(OCC(=O)[O-])c(Cl)c3)c(=O)n2C1c1cccc(OC)c1. The van der Waals surface area contributed by atoms with E-state index in [-0.39, 0.29) is 33.5 Å². The maximum atomic E-state index is 13.7. The number of hydrogen-bond donors (Lipinski definition) is 0. The molecule has 4 rings (SSSR count). The van der Waals surface area contributed by atoms with E-state index in [1.165, 1.54) is 23.8 Å². The number of carbonyl (C=O) groups is 2. The Morgan fingerprint density at radius 2 is 1.92 bits per heavy atom. The standard InChI is InChI=1S/C26H22Cl2N2O7S/c1-4-36-25(34)21-13(2)29-26-30(22(21)15-6-5-7-16(11-15)35-3)24(33)19(38-26)10-14-8-17(27)23(18(28)9-14)37-12-20(31)32/h5-11,22H,4,12H2,1-3H3,(H,31,32)/p-1. The van der Waals surface area contributed by atoms with Gasteiger partial charge >= 0.3 is 5.97 Å². The normalized spacial score (nSPS) is 15.1. The lowest BCUT2D eigenvalue weighted by molar-refractivity contribution is -0.307. The van der Waals surface area contributed by atoms with Crippen LogP contribution < -0.4 is 29.5 Å². The van der Waals surface area contributed by atoms with Gasteiger partial charge in [-0.1, -0.05) is 46.7 Å². The van der Waals surface area contributed by atoms with Crippen molar-refractivity contribution in [3.05, 3.63) is 88.5 Å². The van der Waals surface area contributed by atoms with Crippen LogP contribution in [0.1, 0.15) is 31.0 Å². The van der Waals surface area contributed by atoms with Gasteiger partial charge in [0.25, 0.3) is 5.56 Å². The minimum absolute atomic E-state index is 0.0103. The second-order valence-electron chi connectivity index (χ2n) is 8.05. The molecule has 2 heterocycles. The van der Waals surface area contributed by atoms with Crippen LogP contribution in [-0.4, -0.2) is 36.8 Å². The summed E-state index contributed by atoms with van der Waals surface area (Å²) in [4.78, 5) is 42.4. The van der Waals surface area contributed by atoms with Crippen LogP contribution in [0.4, 0.5) is 0 Å². The summed E-state index contributed by atoms with van der Waals surface area (Å²) in [5, 5.41) is 10.8. The number of esters is 1. The molecule has 0 N–H and O–H groups in total. The van der Waals surface area contributed by atoms with Gasteiger partial charge in [0.15, 0.2) is 10.6 Å². The van der Waals surface area contributed by atoms with Crippen molar-refractivity contribution in [3.8, 4) is 11.5 Å². The van der Waals surface area contributed by atoms with Crippen LogP contribution in [0.3, 0.4) is 0 Å². The Morgan fingerprint density at radius 1 is 1.21 bits per heavy atom. The van der Waals surface area contributed by atoms with Gasteiger partial charge in [-0.2, -0.15) is 0 Å². The monoisotopic (exact) mass is 575 g/mol. The van der Waals surface area contributed by atoms with Gasteiger partial charge in [-0.15, -0.1) is 0 Å². The fourth-order valence-electron chi connectivity index (χ4n) is 4.00. The van der Waals surface area contributed by atoms with E-state index in [2.05, 4.69) is 4.99 Å². The molecule has 0 spiro atoms. The zero-order valence-corrected chi connectivity index (χ0v) is 22.8. The van der Waals surface area contributed by atoms with E-state index in [1.807, 2.05) is 0 Å². The molecule has 0 saturated carbocycles. The van der Waals surface area contributed by atoms with Gasteiger partial charge in [-0.3, -0.25) is 9.36 Å². The van der Waals surface area contributed by atoms with Crippen molar-refractivity contribution in [1.82, 2.24) is 4.57 Å². The number of halogens is 2. The third-order valence-electron chi connectivity index (χ3n) is 5.58. The van der Waals surface area contributed by atoms with Gasteiger partial charge in [-0.25, -0.2) is 9.79 Å². The first-order chi connectivity index (χ1) is 18.1. The Hall–Kier alpha value is -3.60. The van der Waals surface area contributed by atoms with Crippen LogP contribution in [0.15, 0.2) is 57.5 Å². The third-order valence-corrected chi connectivity index (χ3v) is 7.12. The third kappa shape index (κ3) is 5.47. The Kier molecular flexibility index (Phi) is 8.25. The van der Waals surface area contributed by atoms with Gasteiger partial charge in [0, 0.05) is 0 Å². The van der Waals surface area contributed by atoms with Gasteiger partial charge < -0.3 is 24.1 Å². The fourth-order valence-corrected chi connectivity index (χ4v) is 5.66. The van der Waals surface area contributed by atoms with E-state index in [4.69, 9.17) is 37.4 Å². The highest BCUT2D eigenvalue weighted by Gasteiger charge is 2.33. The van der Waals surface area contributed by atoms with Crippen molar-refractivity contribution < 1.29 is 28.9 Å². The number of allylic oxidation sites excluding steroid dienone is 1. The number of nitrogens with zero attached hydrogens (tertiary/aromatic N) is 2. The molecule has 1 aromatic heterocycles. The number of hydrogen-bond acceptors (Lipinski definition) is 9. The van der Waals surface area contributed by atoms with Crippen LogP contribution in [0, 0.1) is 0 Å². The van der Waals surface area contributed by atoms with Crippen molar-refractivity contribution in [2.45, 2.75) is 19.9 Å². The second-order valence-corrected chi connectivity index (χ2v) is 9.88. The van der Waals surface area contributed by atoms with Gasteiger partial charge in [-0.05, 0) is 55.3 Å². The smallest absolute Gasteiger partial charge is 0.338 e. The van der Waals surface area contributed by atoms with Crippen molar-refractivity contribution in [1.29, 1.82) is 0 Å². The molecule has 0 fully saturated rings. The minimum atomic E-state index is -1.43. The van der Waals surface area contributed by atoms with Crippen molar-refractivity contribution in [2.75, 3.05) is 20.3 Å². The summed E-state index contributed by atoms with van der Waals surface area (Å²) in [5.74, 6) is -1.44. The Labute approximate surface area is 230 Å². The Morgan fingerprint density at radius 3 is 2.55 bits per heavy atom. The summed E-state index contributed by atoms with van der Waals surface area (Å²) >= 11 is 13.6. The molecular formula is C26H21Cl2N2O7S-. The van der Waals surface area contributed by atoms with Crippen LogP contribution in [-0.2, 0) is 14.3 Å². The number of carbonyl (C=O) groups excluding carboxylic acids is 2. The maximum absolute atomic E-state index is 13.7. The molecule has 1 atom stereocenters. The summed E-state index contributed by atoms with van der Waals surface area (Å²) < 4.78 is 17.5. The van der Waals surface area contributed by atoms with Gasteiger partial charge in [0.1, 0.15) is 12.4 Å². The van der Waals surface area contributed by atoms with Crippen LogP contribution in [0.5, 0.6) is 11.5 Å². The van der Waals surface area contributed by atoms with E-state index >= 15 is 0 Å². The number of carboxylic acid groups (broad SMARTS) is 1. The highest BCUT2D eigenvalue weighted by atomic mass is 35.5. The number of aromatic nitrogens is 1. The highest BCUT2D eigenvalue weighted by molar-refractivity contribution is 7.07. The average Bonchev–Trinajstić information content (AvgIpc) is 3.16.